The normalized spacial score (nSPS) is 39.1. The van der Waals surface area contributed by atoms with Crippen LogP contribution in [0.4, 0.5) is 4.79 Å². The largest absolute Gasteiger partial charge is 0.323 e. The SMILES string of the molecule is CC=CC1(C)CCC2(CC1)NC(=O)NC2=O. The molecule has 4 nitrogen and oxygen atoms in total. The van der Waals surface area contributed by atoms with Crippen LogP contribution in [0.2, 0.25) is 0 Å². The molecule has 0 aromatic heterocycles. The summed E-state index contributed by atoms with van der Waals surface area (Å²) < 4.78 is 0. The van der Waals surface area contributed by atoms with Crippen molar-refractivity contribution in [3.05, 3.63) is 12.2 Å². The number of hydrogen-bond donors (Lipinski definition) is 2. The fraction of sp³-hybridized carbons (Fsp3) is 0.667. The number of carbonyl (C=O) groups excluding carboxylic acids is 2. The highest BCUT2D eigenvalue weighted by Crippen LogP contribution is 2.42. The molecule has 2 fully saturated rings. The van der Waals surface area contributed by atoms with Gasteiger partial charge < -0.3 is 5.32 Å². The molecule has 4 heteroatoms. The molecule has 1 heterocycles. The van der Waals surface area contributed by atoms with Gasteiger partial charge in [0, 0.05) is 0 Å². The number of allylic oxidation sites excluding steroid dienone is 2. The van der Waals surface area contributed by atoms with Crippen molar-refractivity contribution in [2.45, 2.75) is 45.1 Å². The number of amides is 3. The van der Waals surface area contributed by atoms with E-state index >= 15 is 0 Å². The third kappa shape index (κ3) is 1.72. The molecular weight excluding hydrogens is 204 g/mol. The van der Waals surface area contributed by atoms with E-state index in [2.05, 4.69) is 29.7 Å². The molecule has 1 saturated heterocycles. The molecule has 0 bridgehead atoms. The summed E-state index contributed by atoms with van der Waals surface area (Å²) in [7, 11) is 0. The average molecular weight is 222 g/mol. The minimum Gasteiger partial charge on any atom is -0.323 e. The zero-order valence-corrected chi connectivity index (χ0v) is 9.80. The smallest absolute Gasteiger partial charge is 0.322 e. The molecule has 0 aromatic carbocycles. The third-order valence-electron chi connectivity index (χ3n) is 3.83. The van der Waals surface area contributed by atoms with Gasteiger partial charge in [-0.15, -0.1) is 0 Å². The first kappa shape index (κ1) is 11.2. The molecular formula is C12H18N2O2. The molecule has 1 spiro atoms. The molecule has 0 aromatic rings. The quantitative estimate of drug-likeness (QED) is 0.524. The summed E-state index contributed by atoms with van der Waals surface area (Å²) >= 11 is 0. The molecule has 88 valence electrons. The maximum Gasteiger partial charge on any atom is 0.322 e. The molecule has 1 aliphatic carbocycles. The van der Waals surface area contributed by atoms with Crippen LogP contribution in [-0.4, -0.2) is 17.5 Å². The van der Waals surface area contributed by atoms with Gasteiger partial charge in [-0.05, 0) is 38.0 Å². The zero-order chi connectivity index (χ0) is 11.8. The maximum absolute atomic E-state index is 11.7. The highest BCUT2D eigenvalue weighted by Gasteiger charge is 2.49. The molecule has 3 amide bonds. The number of carbonyl (C=O) groups is 2. The molecule has 0 atom stereocenters. The summed E-state index contributed by atoms with van der Waals surface area (Å²) in [6.07, 6.45) is 7.59. The van der Waals surface area contributed by atoms with Gasteiger partial charge in [-0.1, -0.05) is 19.1 Å². The monoisotopic (exact) mass is 222 g/mol. The van der Waals surface area contributed by atoms with Crippen LogP contribution in [0, 0.1) is 5.41 Å². The van der Waals surface area contributed by atoms with Crippen LogP contribution in [0.25, 0.3) is 0 Å². The standard InChI is InChI=1S/C12H18N2O2/c1-3-4-11(2)5-7-12(8-6-11)9(15)13-10(16)14-12/h3-4H,5-8H2,1-2H3,(H2,13,14,15,16). The lowest BCUT2D eigenvalue weighted by atomic mass is 9.68. The van der Waals surface area contributed by atoms with Crippen molar-refractivity contribution in [2.75, 3.05) is 0 Å². The van der Waals surface area contributed by atoms with Crippen molar-refractivity contribution in [3.63, 3.8) is 0 Å². The molecule has 2 N–H and O–H groups in total. The molecule has 0 unspecified atom stereocenters. The summed E-state index contributed by atoms with van der Waals surface area (Å²) in [4.78, 5) is 22.9. The summed E-state index contributed by atoms with van der Waals surface area (Å²) in [5.41, 5.74) is -0.453. The van der Waals surface area contributed by atoms with Crippen molar-refractivity contribution in [1.82, 2.24) is 10.6 Å². The average Bonchev–Trinajstić information content (AvgIpc) is 2.48. The van der Waals surface area contributed by atoms with E-state index in [9.17, 15) is 9.59 Å². The predicted octanol–water partition coefficient (Wildman–Crippen LogP) is 1.72. The summed E-state index contributed by atoms with van der Waals surface area (Å²) in [5.74, 6) is -0.153. The minimum absolute atomic E-state index is 0.153. The highest BCUT2D eigenvalue weighted by molar-refractivity contribution is 6.07. The maximum atomic E-state index is 11.7. The van der Waals surface area contributed by atoms with E-state index in [-0.39, 0.29) is 17.4 Å². The van der Waals surface area contributed by atoms with E-state index < -0.39 is 5.54 Å². The minimum atomic E-state index is -0.627. The van der Waals surface area contributed by atoms with Crippen LogP contribution in [0.5, 0.6) is 0 Å². The fourth-order valence-corrected chi connectivity index (χ4v) is 2.70. The van der Waals surface area contributed by atoms with Gasteiger partial charge in [-0.25, -0.2) is 4.79 Å². The van der Waals surface area contributed by atoms with Crippen LogP contribution in [-0.2, 0) is 4.79 Å². The summed E-state index contributed by atoms with van der Waals surface area (Å²) in [6, 6.07) is -0.348. The Morgan fingerprint density at radius 1 is 1.19 bits per heavy atom. The van der Waals surface area contributed by atoms with E-state index in [4.69, 9.17) is 0 Å². The second kappa shape index (κ2) is 3.61. The number of rotatable bonds is 1. The van der Waals surface area contributed by atoms with Crippen LogP contribution < -0.4 is 10.6 Å². The molecule has 0 radical (unpaired) electrons. The second-order valence-electron chi connectivity index (χ2n) is 5.14. The van der Waals surface area contributed by atoms with Crippen molar-refractivity contribution in [1.29, 1.82) is 0 Å². The van der Waals surface area contributed by atoms with Crippen LogP contribution in [0.15, 0.2) is 12.2 Å². The van der Waals surface area contributed by atoms with Crippen LogP contribution >= 0.6 is 0 Å². The van der Waals surface area contributed by atoms with Gasteiger partial charge >= 0.3 is 6.03 Å². The topological polar surface area (TPSA) is 58.2 Å². The Kier molecular flexibility index (Phi) is 2.52. The molecule has 1 aliphatic heterocycles. The van der Waals surface area contributed by atoms with E-state index in [1.165, 1.54) is 0 Å². The van der Waals surface area contributed by atoms with Gasteiger partial charge in [0.25, 0.3) is 5.91 Å². The Morgan fingerprint density at radius 2 is 1.81 bits per heavy atom. The van der Waals surface area contributed by atoms with Crippen molar-refractivity contribution < 1.29 is 9.59 Å². The second-order valence-corrected chi connectivity index (χ2v) is 5.14. The number of imide groups is 1. The van der Waals surface area contributed by atoms with E-state index in [0.29, 0.717) is 0 Å². The van der Waals surface area contributed by atoms with Gasteiger partial charge in [0.2, 0.25) is 0 Å². The van der Waals surface area contributed by atoms with E-state index in [1.807, 2.05) is 6.92 Å². The first-order chi connectivity index (χ1) is 7.50. The van der Waals surface area contributed by atoms with Gasteiger partial charge in [-0.3, -0.25) is 10.1 Å². The number of urea groups is 1. The zero-order valence-electron chi connectivity index (χ0n) is 9.80. The van der Waals surface area contributed by atoms with Gasteiger partial charge in [0.05, 0.1) is 0 Å². The lowest BCUT2D eigenvalue weighted by Gasteiger charge is -2.39. The van der Waals surface area contributed by atoms with Gasteiger partial charge in [0.15, 0.2) is 0 Å². The van der Waals surface area contributed by atoms with Gasteiger partial charge in [-0.2, -0.15) is 0 Å². The third-order valence-corrected chi connectivity index (χ3v) is 3.83. The Morgan fingerprint density at radius 3 is 2.25 bits per heavy atom. The lowest BCUT2D eigenvalue weighted by molar-refractivity contribution is -0.125. The summed E-state index contributed by atoms with van der Waals surface area (Å²) in [6.45, 7) is 4.22. The molecule has 16 heavy (non-hydrogen) atoms. The first-order valence-corrected chi connectivity index (χ1v) is 5.77. The van der Waals surface area contributed by atoms with Gasteiger partial charge in [0.1, 0.15) is 5.54 Å². The molecule has 2 aliphatic rings. The fourth-order valence-electron chi connectivity index (χ4n) is 2.70. The Labute approximate surface area is 95.5 Å². The van der Waals surface area contributed by atoms with E-state index in [1.54, 1.807) is 0 Å². The van der Waals surface area contributed by atoms with Crippen molar-refractivity contribution in [2.24, 2.45) is 5.41 Å². The number of nitrogens with one attached hydrogen (secondary N) is 2. The Hall–Kier alpha value is -1.32. The highest BCUT2D eigenvalue weighted by atomic mass is 16.2. The number of hydrogen-bond acceptors (Lipinski definition) is 2. The lowest BCUT2D eigenvalue weighted by Crippen LogP contribution is -2.50. The van der Waals surface area contributed by atoms with E-state index in [0.717, 1.165) is 25.7 Å². The summed E-state index contributed by atoms with van der Waals surface area (Å²) in [5, 5.41) is 5.10. The van der Waals surface area contributed by atoms with Crippen molar-refractivity contribution in [3.8, 4) is 0 Å². The van der Waals surface area contributed by atoms with Crippen LogP contribution in [0.3, 0.4) is 0 Å². The molecule has 2 rings (SSSR count). The van der Waals surface area contributed by atoms with Crippen molar-refractivity contribution >= 4 is 11.9 Å². The first-order valence-electron chi connectivity index (χ1n) is 5.77. The molecule has 1 saturated carbocycles. The van der Waals surface area contributed by atoms with Crippen LogP contribution in [0.1, 0.15) is 39.5 Å². The Bertz CT molecular complexity index is 352. The predicted molar refractivity (Wildman–Crippen MR) is 60.8 cm³/mol. The Balaban J connectivity index is 2.10.